The van der Waals surface area contributed by atoms with Gasteiger partial charge in [0.1, 0.15) is 0 Å². The van der Waals surface area contributed by atoms with Gasteiger partial charge in [-0.1, -0.05) is 40.5 Å². The molecule has 2 heteroatoms. The molecule has 0 bridgehead atoms. The van der Waals surface area contributed by atoms with Gasteiger partial charge in [0.05, 0.1) is 0 Å². The summed E-state index contributed by atoms with van der Waals surface area (Å²) < 4.78 is 0. The van der Waals surface area contributed by atoms with Gasteiger partial charge < -0.3 is 10.6 Å². The molecule has 0 amide bonds. The molecule has 3 atom stereocenters. The Kier molecular flexibility index (Phi) is 9.85. The fraction of sp³-hybridized carbons (Fsp3) is 1.00. The van der Waals surface area contributed by atoms with Gasteiger partial charge in [0.2, 0.25) is 0 Å². The van der Waals surface area contributed by atoms with Crippen LogP contribution >= 0.6 is 0 Å². The van der Waals surface area contributed by atoms with Crippen LogP contribution in [0, 0.1) is 11.8 Å². The summed E-state index contributed by atoms with van der Waals surface area (Å²) in [5.74, 6) is 1.63. The van der Waals surface area contributed by atoms with Crippen molar-refractivity contribution in [3.05, 3.63) is 0 Å². The largest absolute Gasteiger partial charge is 0.328 e. The van der Waals surface area contributed by atoms with Crippen LogP contribution in [0.25, 0.3) is 0 Å². The molecule has 0 radical (unpaired) electrons. The van der Waals surface area contributed by atoms with Crippen molar-refractivity contribution in [3.63, 3.8) is 0 Å². The zero-order valence-corrected chi connectivity index (χ0v) is 12.7. The van der Waals surface area contributed by atoms with Gasteiger partial charge >= 0.3 is 0 Å². The van der Waals surface area contributed by atoms with E-state index in [2.05, 4.69) is 39.5 Å². The highest BCUT2D eigenvalue weighted by Gasteiger charge is 2.11. The van der Waals surface area contributed by atoms with Crippen LogP contribution in [0.2, 0.25) is 0 Å². The van der Waals surface area contributed by atoms with Crippen LogP contribution in [-0.4, -0.2) is 30.6 Å². The van der Waals surface area contributed by atoms with Crippen molar-refractivity contribution in [3.8, 4) is 0 Å². The fourth-order valence-corrected chi connectivity index (χ4v) is 2.22. The van der Waals surface area contributed by atoms with Crippen molar-refractivity contribution in [2.45, 2.75) is 66.3 Å². The molecular weight excluding hydrogens is 208 g/mol. The van der Waals surface area contributed by atoms with Crippen molar-refractivity contribution >= 4 is 0 Å². The predicted molar refractivity (Wildman–Crippen MR) is 78.2 cm³/mol. The van der Waals surface area contributed by atoms with E-state index in [-0.39, 0.29) is 0 Å². The topological polar surface area (TPSA) is 29.3 Å². The molecule has 17 heavy (non-hydrogen) atoms. The lowest BCUT2D eigenvalue weighted by atomic mass is 10.0. The third kappa shape index (κ3) is 9.61. The van der Waals surface area contributed by atoms with Gasteiger partial charge in [0, 0.05) is 19.1 Å². The number of hydrogen-bond donors (Lipinski definition) is 1. The Balaban J connectivity index is 3.77. The standard InChI is InChI=1S/C15H34N2/c1-6-13(3)11-17(7-2)12-14(4)9-8-10-15(5)16/h13-15H,6-12,16H2,1-5H3. The minimum absolute atomic E-state index is 0.365. The first-order valence-electron chi connectivity index (χ1n) is 7.47. The van der Waals surface area contributed by atoms with Crippen molar-refractivity contribution in [1.29, 1.82) is 0 Å². The third-order valence-electron chi connectivity index (χ3n) is 3.64. The fourth-order valence-electron chi connectivity index (χ4n) is 2.22. The van der Waals surface area contributed by atoms with Crippen LogP contribution in [0.4, 0.5) is 0 Å². The van der Waals surface area contributed by atoms with E-state index in [1.807, 2.05) is 0 Å². The van der Waals surface area contributed by atoms with E-state index in [0.717, 1.165) is 11.8 Å². The van der Waals surface area contributed by atoms with Crippen LogP contribution in [-0.2, 0) is 0 Å². The van der Waals surface area contributed by atoms with E-state index in [1.165, 1.54) is 45.3 Å². The maximum atomic E-state index is 5.78. The van der Waals surface area contributed by atoms with Gasteiger partial charge in [0.25, 0.3) is 0 Å². The maximum absolute atomic E-state index is 5.78. The van der Waals surface area contributed by atoms with E-state index in [4.69, 9.17) is 5.73 Å². The number of rotatable bonds is 10. The number of hydrogen-bond acceptors (Lipinski definition) is 2. The molecule has 0 heterocycles. The van der Waals surface area contributed by atoms with Crippen LogP contribution < -0.4 is 5.73 Å². The highest BCUT2D eigenvalue weighted by molar-refractivity contribution is 4.65. The lowest BCUT2D eigenvalue weighted by Gasteiger charge is -2.27. The first kappa shape index (κ1) is 16.9. The average molecular weight is 242 g/mol. The molecule has 0 aliphatic heterocycles. The van der Waals surface area contributed by atoms with E-state index in [1.54, 1.807) is 0 Å². The van der Waals surface area contributed by atoms with Gasteiger partial charge in [-0.15, -0.1) is 0 Å². The lowest BCUT2D eigenvalue weighted by molar-refractivity contribution is 0.209. The van der Waals surface area contributed by atoms with Crippen molar-refractivity contribution in [2.75, 3.05) is 19.6 Å². The first-order valence-corrected chi connectivity index (χ1v) is 7.47. The van der Waals surface area contributed by atoms with E-state index in [9.17, 15) is 0 Å². The molecule has 2 N–H and O–H groups in total. The second-order valence-electron chi connectivity index (χ2n) is 5.88. The molecule has 0 spiro atoms. The van der Waals surface area contributed by atoms with Gasteiger partial charge in [-0.2, -0.15) is 0 Å². The minimum atomic E-state index is 0.365. The van der Waals surface area contributed by atoms with Crippen LogP contribution in [0.15, 0.2) is 0 Å². The quantitative estimate of drug-likeness (QED) is 0.635. The van der Waals surface area contributed by atoms with E-state index in [0.29, 0.717) is 6.04 Å². The molecule has 2 nitrogen and oxygen atoms in total. The normalized spacial score (nSPS) is 17.1. The highest BCUT2D eigenvalue weighted by Crippen LogP contribution is 2.12. The molecule has 3 unspecified atom stereocenters. The second kappa shape index (κ2) is 9.90. The SMILES string of the molecule is CCC(C)CN(CC)CC(C)CCCC(C)N. The number of nitrogens with two attached hydrogens (primary N) is 1. The van der Waals surface area contributed by atoms with Crippen molar-refractivity contribution < 1.29 is 0 Å². The summed E-state index contributed by atoms with van der Waals surface area (Å²) in [4.78, 5) is 2.60. The predicted octanol–water partition coefficient (Wildman–Crippen LogP) is 3.51. The van der Waals surface area contributed by atoms with Gasteiger partial charge in [-0.3, -0.25) is 0 Å². The lowest BCUT2D eigenvalue weighted by Crippen LogP contribution is -2.32. The molecule has 0 aliphatic rings. The molecule has 0 aromatic heterocycles. The van der Waals surface area contributed by atoms with Gasteiger partial charge in [0.15, 0.2) is 0 Å². The molecule has 104 valence electrons. The second-order valence-corrected chi connectivity index (χ2v) is 5.88. The van der Waals surface area contributed by atoms with Crippen molar-refractivity contribution in [1.82, 2.24) is 4.90 Å². The third-order valence-corrected chi connectivity index (χ3v) is 3.64. The minimum Gasteiger partial charge on any atom is -0.328 e. The molecule has 0 aromatic rings. The molecule has 0 aromatic carbocycles. The molecule has 0 saturated carbocycles. The smallest absolute Gasteiger partial charge is 0.00104 e. The summed E-state index contributed by atoms with van der Waals surface area (Å²) in [6, 6.07) is 0.365. The Labute approximate surface area is 109 Å². The van der Waals surface area contributed by atoms with E-state index < -0.39 is 0 Å². The summed E-state index contributed by atoms with van der Waals surface area (Å²) >= 11 is 0. The number of nitrogens with zero attached hydrogens (tertiary/aromatic N) is 1. The Bertz CT molecular complexity index is 168. The van der Waals surface area contributed by atoms with Gasteiger partial charge in [-0.05, 0) is 38.1 Å². The highest BCUT2D eigenvalue weighted by atomic mass is 15.1. The Morgan fingerprint density at radius 1 is 0.941 bits per heavy atom. The summed E-state index contributed by atoms with van der Waals surface area (Å²) in [6.45, 7) is 15.1. The van der Waals surface area contributed by atoms with Crippen LogP contribution in [0.3, 0.4) is 0 Å². The summed E-state index contributed by atoms with van der Waals surface area (Å²) in [7, 11) is 0. The molecule has 0 fully saturated rings. The molecule has 0 aliphatic carbocycles. The Morgan fingerprint density at radius 2 is 1.53 bits per heavy atom. The average Bonchev–Trinajstić information content (AvgIpc) is 2.27. The first-order chi connectivity index (χ1) is 7.99. The van der Waals surface area contributed by atoms with Crippen molar-refractivity contribution in [2.24, 2.45) is 17.6 Å². The molecular formula is C15H34N2. The monoisotopic (exact) mass is 242 g/mol. The summed E-state index contributed by atoms with van der Waals surface area (Å²) in [6.07, 6.45) is 5.05. The summed E-state index contributed by atoms with van der Waals surface area (Å²) in [5, 5.41) is 0. The zero-order chi connectivity index (χ0) is 13.3. The van der Waals surface area contributed by atoms with Crippen LogP contribution in [0.1, 0.15) is 60.3 Å². The van der Waals surface area contributed by atoms with E-state index >= 15 is 0 Å². The Morgan fingerprint density at radius 3 is 2.00 bits per heavy atom. The van der Waals surface area contributed by atoms with Gasteiger partial charge in [-0.25, -0.2) is 0 Å². The Hall–Kier alpha value is -0.0800. The molecule has 0 saturated heterocycles. The summed E-state index contributed by atoms with van der Waals surface area (Å²) in [5.41, 5.74) is 5.78. The zero-order valence-electron chi connectivity index (χ0n) is 12.7. The molecule has 0 rings (SSSR count). The van der Waals surface area contributed by atoms with Crippen LogP contribution in [0.5, 0.6) is 0 Å². The maximum Gasteiger partial charge on any atom is 0.00104 e.